The first-order chi connectivity index (χ1) is 15.7. The summed E-state index contributed by atoms with van der Waals surface area (Å²) in [7, 11) is 0. The van der Waals surface area contributed by atoms with Crippen molar-refractivity contribution in [1.29, 1.82) is 0 Å². The summed E-state index contributed by atoms with van der Waals surface area (Å²) in [4.78, 5) is 5.89. The van der Waals surface area contributed by atoms with E-state index in [4.69, 9.17) is 21.2 Å². The van der Waals surface area contributed by atoms with Crippen LogP contribution in [0.15, 0.2) is 96.2 Å². The van der Waals surface area contributed by atoms with E-state index in [0.717, 1.165) is 33.9 Å². The maximum absolute atomic E-state index is 6.47. The molecule has 1 heterocycles. The molecule has 4 aromatic rings. The lowest BCUT2D eigenvalue weighted by Gasteiger charge is -2.12. The van der Waals surface area contributed by atoms with Crippen LogP contribution in [-0.4, -0.2) is 5.71 Å². The summed E-state index contributed by atoms with van der Waals surface area (Å²) in [5.74, 6) is 1.50. The molecule has 0 aromatic heterocycles. The van der Waals surface area contributed by atoms with Gasteiger partial charge in [-0.1, -0.05) is 83.5 Å². The van der Waals surface area contributed by atoms with Crippen LogP contribution >= 0.6 is 11.6 Å². The van der Waals surface area contributed by atoms with Crippen LogP contribution in [0, 0.1) is 6.92 Å². The molecule has 1 aliphatic heterocycles. The largest absolute Gasteiger partial charge is 0.456 e. The zero-order chi connectivity index (χ0) is 21.9. The highest BCUT2D eigenvalue weighted by Gasteiger charge is 2.22. The van der Waals surface area contributed by atoms with E-state index < -0.39 is 0 Å². The Bertz CT molecular complexity index is 1300. The van der Waals surface area contributed by atoms with Crippen molar-refractivity contribution < 1.29 is 9.57 Å². The standard InChI is InChI=1S/C28H22ClNO2/c1-19-21(11-7-13-22(19)20-9-3-2-4-10-20)18-31-30-26-17-24-25(29)14-8-16-28(24)32-27-15-6-5-12-23(26)27/h2-16H,17-18H2,1H3/b30-26-. The summed E-state index contributed by atoms with van der Waals surface area (Å²) in [6, 6.07) is 30.2. The minimum Gasteiger partial charge on any atom is -0.456 e. The van der Waals surface area contributed by atoms with Crippen LogP contribution in [0.4, 0.5) is 0 Å². The molecule has 0 fully saturated rings. The normalized spacial score (nSPS) is 13.6. The Morgan fingerprint density at radius 3 is 2.41 bits per heavy atom. The van der Waals surface area contributed by atoms with Crippen molar-refractivity contribution >= 4 is 17.3 Å². The van der Waals surface area contributed by atoms with Gasteiger partial charge in [-0.05, 0) is 53.4 Å². The summed E-state index contributed by atoms with van der Waals surface area (Å²) in [5.41, 5.74) is 7.31. The first-order valence-electron chi connectivity index (χ1n) is 10.6. The first-order valence-corrected chi connectivity index (χ1v) is 11.0. The summed E-state index contributed by atoms with van der Waals surface area (Å²) in [6.45, 7) is 2.51. The van der Waals surface area contributed by atoms with Crippen LogP contribution in [0.3, 0.4) is 0 Å². The molecular formula is C28H22ClNO2. The second kappa shape index (κ2) is 8.89. The van der Waals surface area contributed by atoms with Crippen LogP contribution in [-0.2, 0) is 17.9 Å². The highest BCUT2D eigenvalue weighted by Crippen LogP contribution is 2.37. The maximum atomic E-state index is 6.47. The molecular weight excluding hydrogens is 418 g/mol. The predicted octanol–water partition coefficient (Wildman–Crippen LogP) is 7.58. The number of hydrogen-bond donors (Lipinski definition) is 0. The number of hydrogen-bond acceptors (Lipinski definition) is 3. The molecule has 5 rings (SSSR count). The molecule has 0 aliphatic carbocycles. The molecule has 4 heteroatoms. The van der Waals surface area contributed by atoms with E-state index in [0.29, 0.717) is 18.1 Å². The summed E-state index contributed by atoms with van der Waals surface area (Å²) < 4.78 is 6.14. The summed E-state index contributed by atoms with van der Waals surface area (Å²) in [5, 5.41) is 5.20. The third-order valence-electron chi connectivity index (χ3n) is 5.76. The lowest BCUT2D eigenvalue weighted by Crippen LogP contribution is -2.06. The average Bonchev–Trinajstić information content (AvgIpc) is 2.98. The SMILES string of the molecule is Cc1c(CO/N=C2/Cc3c(Cl)cccc3Oc3ccccc32)cccc1-c1ccccc1. The molecule has 158 valence electrons. The minimum absolute atomic E-state index is 0.383. The van der Waals surface area contributed by atoms with Gasteiger partial charge in [0.1, 0.15) is 18.1 Å². The van der Waals surface area contributed by atoms with Crippen LogP contribution < -0.4 is 4.74 Å². The molecule has 0 bridgehead atoms. The zero-order valence-electron chi connectivity index (χ0n) is 17.7. The van der Waals surface area contributed by atoms with Crippen molar-refractivity contribution in [2.75, 3.05) is 0 Å². The number of fused-ring (bicyclic) bond motifs is 2. The molecule has 3 nitrogen and oxygen atoms in total. The molecule has 0 atom stereocenters. The van der Waals surface area contributed by atoms with E-state index in [2.05, 4.69) is 54.5 Å². The summed E-state index contributed by atoms with van der Waals surface area (Å²) in [6.07, 6.45) is 0.537. The topological polar surface area (TPSA) is 30.8 Å². The van der Waals surface area contributed by atoms with Gasteiger partial charge in [-0.15, -0.1) is 0 Å². The maximum Gasteiger partial charge on any atom is 0.142 e. The molecule has 0 spiro atoms. The lowest BCUT2D eigenvalue weighted by molar-refractivity contribution is 0.130. The number of para-hydroxylation sites is 1. The Labute approximate surface area is 192 Å². The second-order valence-corrected chi connectivity index (χ2v) is 8.17. The molecule has 0 N–H and O–H groups in total. The number of rotatable bonds is 4. The molecule has 0 unspecified atom stereocenters. The third kappa shape index (κ3) is 4.00. The van der Waals surface area contributed by atoms with Gasteiger partial charge in [0, 0.05) is 22.6 Å². The summed E-state index contributed by atoms with van der Waals surface area (Å²) >= 11 is 6.47. The van der Waals surface area contributed by atoms with E-state index in [1.165, 1.54) is 16.7 Å². The molecule has 0 radical (unpaired) electrons. The Kier molecular flexibility index (Phi) is 5.66. The van der Waals surface area contributed by atoms with Gasteiger partial charge in [0.15, 0.2) is 0 Å². The van der Waals surface area contributed by atoms with Crippen molar-refractivity contribution in [2.45, 2.75) is 20.0 Å². The van der Waals surface area contributed by atoms with E-state index in [1.807, 2.05) is 48.5 Å². The molecule has 0 saturated heterocycles. The van der Waals surface area contributed by atoms with Crippen molar-refractivity contribution in [3.63, 3.8) is 0 Å². The Morgan fingerprint density at radius 1 is 0.812 bits per heavy atom. The molecule has 4 aromatic carbocycles. The zero-order valence-corrected chi connectivity index (χ0v) is 18.5. The molecule has 0 amide bonds. The van der Waals surface area contributed by atoms with Crippen molar-refractivity contribution in [1.82, 2.24) is 0 Å². The van der Waals surface area contributed by atoms with Gasteiger partial charge in [-0.25, -0.2) is 0 Å². The van der Waals surface area contributed by atoms with Gasteiger partial charge >= 0.3 is 0 Å². The minimum atomic E-state index is 0.383. The van der Waals surface area contributed by atoms with Gasteiger partial charge in [-0.2, -0.15) is 0 Å². The van der Waals surface area contributed by atoms with Crippen LogP contribution in [0.5, 0.6) is 11.5 Å². The van der Waals surface area contributed by atoms with E-state index in [9.17, 15) is 0 Å². The number of nitrogens with zero attached hydrogens (tertiary/aromatic N) is 1. The Morgan fingerprint density at radius 2 is 1.53 bits per heavy atom. The van der Waals surface area contributed by atoms with Gasteiger partial charge < -0.3 is 9.57 Å². The van der Waals surface area contributed by atoms with Crippen LogP contribution in [0.1, 0.15) is 22.3 Å². The highest BCUT2D eigenvalue weighted by molar-refractivity contribution is 6.32. The van der Waals surface area contributed by atoms with Crippen molar-refractivity contribution in [2.24, 2.45) is 5.16 Å². The fourth-order valence-electron chi connectivity index (χ4n) is 4.01. The van der Waals surface area contributed by atoms with Gasteiger partial charge in [-0.3, -0.25) is 0 Å². The predicted molar refractivity (Wildman–Crippen MR) is 130 cm³/mol. The fourth-order valence-corrected chi connectivity index (χ4v) is 4.25. The third-order valence-corrected chi connectivity index (χ3v) is 6.12. The number of benzene rings is 4. The smallest absolute Gasteiger partial charge is 0.142 e. The number of oxime groups is 1. The van der Waals surface area contributed by atoms with E-state index in [1.54, 1.807) is 0 Å². The molecule has 0 saturated carbocycles. The van der Waals surface area contributed by atoms with Crippen molar-refractivity contribution in [3.05, 3.63) is 118 Å². The number of halogens is 1. The number of ether oxygens (including phenoxy) is 1. The van der Waals surface area contributed by atoms with Gasteiger partial charge in [0.25, 0.3) is 0 Å². The quantitative estimate of drug-likeness (QED) is 0.307. The second-order valence-electron chi connectivity index (χ2n) is 7.76. The van der Waals surface area contributed by atoms with E-state index >= 15 is 0 Å². The highest BCUT2D eigenvalue weighted by atomic mass is 35.5. The van der Waals surface area contributed by atoms with Crippen LogP contribution in [0.25, 0.3) is 11.1 Å². The van der Waals surface area contributed by atoms with Crippen LogP contribution in [0.2, 0.25) is 5.02 Å². The monoisotopic (exact) mass is 439 g/mol. The molecule has 32 heavy (non-hydrogen) atoms. The molecule has 1 aliphatic rings. The first kappa shape index (κ1) is 20.3. The Balaban J connectivity index is 1.44. The Hall–Kier alpha value is -3.56. The van der Waals surface area contributed by atoms with Gasteiger partial charge in [0.05, 0.1) is 5.71 Å². The van der Waals surface area contributed by atoms with E-state index in [-0.39, 0.29) is 0 Å². The lowest BCUT2D eigenvalue weighted by atomic mass is 9.97. The average molecular weight is 440 g/mol. The van der Waals surface area contributed by atoms with Gasteiger partial charge in [0.2, 0.25) is 0 Å². The van der Waals surface area contributed by atoms with Crippen molar-refractivity contribution in [3.8, 4) is 22.6 Å². The fraction of sp³-hybridized carbons (Fsp3) is 0.107.